The molecule has 0 saturated carbocycles. The molecule has 0 atom stereocenters. The first-order valence-corrected chi connectivity index (χ1v) is 8.50. The molecule has 0 amide bonds. The van der Waals surface area contributed by atoms with Crippen molar-refractivity contribution in [3.63, 3.8) is 0 Å². The molecular formula is C20H40O2. The summed E-state index contributed by atoms with van der Waals surface area (Å²) in [5.74, 6) is -0.0880. The topological polar surface area (TPSA) is 26.3 Å². The van der Waals surface area contributed by atoms with Gasteiger partial charge in [-0.2, -0.15) is 0 Å². The smallest absolute Gasteiger partial charge is 0.305 e. The minimum absolute atomic E-state index is 0.0880. The van der Waals surface area contributed by atoms with E-state index < -0.39 is 0 Å². The summed E-state index contributed by atoms with van der Waals surface area (Å²) in [5.41, 5.74) is 0. The summed E-state index contributed by atoms with van der Waals surface area (Å²) in [5, 5.41) is 0. The van der Waals surface area contributed by atoms with Crippen LogP contribution in [0, 0.1) is 0 Å². The van der Waals surface area contributed by atoms with Gasteiger partial charge in [0, 0.05) is 6.42 Å². The SMILES string of the molecule is C=CC.C=CCC.C=CCCCCC.CCCC(=O)OCC. The third-order valence-electron chi connectivity index (χ3n) is 2.06. The number of ether oxygens (including phenoxy) is 1. The van der Waals surface area contributed by atoms with Crippen LogP contribution in [0.2, 0.25) is 0 Å². The molecule has 0 rings (SSSR count). The second kappa shape index (κ2) is 36.7. The summed E-state index contributed by atoms with van der Waals surface area (Å²) in [4.78, 5) is 10.4. The van der Waals surface area contributed by atoms with Gasteiger partial charge in [0.15, 0.2) is 0 Å². The van der Waals surface area contributed by atoms with Crippen molar-refractivity contribution in [3.8, 4) is 0 Å². The van der Waals surface area contributed by atoms with Gasteiger partial charge in [0.2, 0.25) is 0 Å². The molecule has 0 bridgehead atoms. The summed E-state index contributed by atoms with van der Waals surface area (Å²) < 4.78 is 4.64. The summed E-state index contributed by atoms with van der Waals surface area (Å²) >= 11 is 0. The maximum absolute atomic E-state index is 10.4. The number of carbonyl (C=O) groups is 1. The first-order valence-electron chi connectivity index (χ1n) is 8.50. The Morgan fingerprint density at radius 2 is 1.45 bits per heavy atom. The number of unbranched alkanes of at least 4 members (excludes halogenated alkanes) is 3. The van der Waals surface area contributed by atoms with Crippen molar-refractivity contribution >= 4 is 5.97 Å². The van der Waals surface area contributed by atoms with Gasteiger partial charge in [-0.3, -0.25) is 4.79 Å². The zero-order chi connectivity index (χ0) is 18.1. The summed E-state index contributed by atoms with van der Waals surface area (Å²) in [6.45, 7) is 20.9. The molecule has 0 unspecified atom stereocenters. The maximum Gasteiger partial charge on any atom is 0.305 e. The molecule has 0 heterocycles. The lowest BCUT2D eigenvalue weighted by molar-refractivity contribution is -0.143. The predicted octanol–water partition coefficient (Wildman–Crippen LogP) is 6.88. The highest BCUT2D eigenvalue weighted by atomic mass is 16.5. The molecule has 0 aromatic heterocycles. The van der Waals surface area contributed by atoms with E-state index in [4.69, 9.17) is 0 Å². The van der Waals surface area contributed by atoms with Crippen molar-refractivity contribution in [1.82, 2.24) is 0 Å². The minimum Gasteiger partial charge on any atom is -0.466 e. The quantitative estimate of drug-likeness (QED) is 0.277. The molecule has 0 aliphatic carbocycles. The highest BCUT2D eigenvalue weighted by molar-refractivity contribution is 5.69. The Balaban J connectivity index is -0.000000105. The normalized spacial score (nSPS) is 7.68. The molecule has 0 radical (unpaired) electrons. The first-order chi connectivity index (χ1) is 10.6. The van der Waals surface area contributed by atoms with E-state index in [0.29, 0.717) is 13.0 Å². The van der Waals surface area contributed by atoms with Crippen LogP contribution in [-0.4, -0.2) is 12.6 Å². The van der Waals surface area contributed by atoms with E-state index in [0.717, 1.165) is 12.8 Å². The van der Waals surface area contributed by atoms with Gasteiger partial charge in [0.1, 0.15) is 0 Å². The Hall–Kier alpha value is -1.31. The third-order valence-corrected chi connectivity index (χ3v) is 2.06. The Bertz CT molecular complexity index is 212. The zero-order valence-electron chi connectivity index (χ0n) is 15.8. The van der Waals surface area contributed by atoms with Crippen molar-refractivity contribution in [2.45, 2.75) is 79.6 Å². The summed E-state index contributed by atoms with van der Waals surface area (Å²) in [6.07, 6.45) is 13.3. The van der Waals surface area contributed by atoms with Crippen LogP contribution in [0.15, 0.2) is 38.0 Å². The Morgan fingerprint density at radius 1 is 0.955 bits per heavy atom. The fourth-order valence-electron chi connectivity index (χ4n) is 0.976. The van der Waals surface area contributed by atoms with Crippen molar-refractivity contribution in [2.24, 2.45) is 0 Å². The van der Waals surface area contributed by atoms with Crippen LogP contribution >= 0.6 is 0 Å². The highest BCUT2D eigenvalue weighted by Gasteiger charge is 1.95. The molecule has 0 spiro atoms. The van der Waals surface area contributed by atoms with Crippen molar-refractivity contribution < 1.29 is 9.53 Å². The molecule has 0 N–H and O–H groups in total. The zero-order valence-corrected chi connectivity index (χ0v) is 15.8. The van der Waals surface area contributed by atoms with E-state index in [2.05, 4.69) is 38.3 Å². The van der Waals surface area contributed by atoms with Crippen LogP contribution in [-0.2, 0) is 9.53 Å². The van der Waals surface area contributed by atoms with Crippen molar-refractivity contribution in [2.75, 3.05) is 6.61 Å². The van der Waals surface area contributed by atoms with E-state index in [1.165, 1.54) is 25.7 Å². The van der Waals surface area contributed by atoms with Gasteiger partial charge in [-0.15, -0.1) is 19.7 Å². The second-order valence-electron chi connectivity index (χ2n) is 4.44. The van der Waals surface area contributed by atoms with Crippen LogP contribution in [0.1, 0.15) is 79.6 Å². The highest BCUT2D eigenvalue weighted by Crippen LogP contribution is 1.97. The number of rotatable bonds is 8. The van der Waals surface area contributed by atoms with Crippen LogP contribution in [0.4, 0.5) is 0 Å². The summed E-state index contributed by atoms with van der Waals surface area (Å²) in [6, 6.07) is 0. The lowest BCUT2D eigenvalue weighted by atomic mass is 10.2. The molecule has 132 valence electrons. The Kier molecular flexibility index (Phi) is 48.0. The lowest BCUT2D eigenvalue weighted by Gasteiger charge is -1.96. The van der Waals surface area contributed by atoms with Gasteiger partial charge in [-0.05, 0) is 39.5 Å². The number of carbonyl (C=O) groups excluding carboxylic acids is 1. The fraction of sp³-hybridized carbons (Fsp3) is 0.650. The van der Waals surface area contributed by atoms with E-state index in [-0.39, 0.29) is 5.97 Å². The Morgan fingerprint density at radius 3 is 1.73 bits per heavy atom. The molecule has 22 heavy (non-hydrogen) atoms. The molecule has 0 saturated heterocycles. The molecule has 0 aromatic carbocycles. The molecule has 0 aromatic rings. The van der Waals surface area contributed by atoms with Crippen molar-refractivity contribution in [1.29, 1.82) is 0 Å². The van der Waals surface area contributed by atoms with Gasteiger partial charge in [0.25, 0.3) is 0 Å². The van der Waals surface area contributed by atoms with Crippen molar-refractivity contribution in [3.05, 3.63) is 38.0 Å². The molecular weight excluding hydrogens is 272 g/mol. The average molecular weight is 313 g/mol. The lowest BCUT2D eigenvalue weighted by Crippen LogP contribution is -2.01. The van der Waals surface area contributed by atoms with E-state index in [1.807, 2.05) is 32.9 Å². The van der Waals surface area contributed by atoms with E-state index in [9.17, 15) is 4.79 Å². The summed E-state index contributed by atoms with van der Waals surface area (Å²) in [7, 11) is 0. The van der Waals surface area contributed by atoms with Crippen LogP contribution in [0.25, 0.3) is 0 Å². The van der Waals surface area contributed by atoms with Gasteiger partial charge in [-0.25, -0.2) is 0 Å². The number of hydrogen-bond donors (Lipinski definition) is 0. The molecule has 0 aliphatic rings. The van der Waals surface area contributed by atoms with Crippen LogP contribution in [0.3, 0.4) is 0 Å². The van der Waals surface area contributed by atoms with Crippen LogP contribution in [0.5, 0.6) is 0 Å². The number of esters is 1. The van der Waals surface area contributed by atoms with E-state index >= 15 is 0 Å². The Labute approximate surface area is 140 Å². The average Bonchev–Trinajstić information content (AvgIpc) is 2.50. The monoisotopic (exact) mass is 312 g/mol. The number of allylic oxidation sites excluding steroid dienone is 3. The van der Waals surface area contributed by atoms with Crippen LogP contribution < -0.4 is 0 Å². The molecule has 0 aliphatic heterocycles. The maximum atomic E-state index is 10.4. The van der Waals surface area contributed by atoms with Gasteiger partial charge in [-0.1, -0.05) is 51.8 Å². The minimum atomic E-state index is -0.0880. The van der Waals surface area contributed by atoms with Gasteiger partial charge in [0.05, 0.1) is 6.61 Å². The second-order valence-corrected chi connectivity index (χ2v) is 4.44. The van der Waals surface area contributed by atoms with Gasteiger partial charge >= 0.3 is 5.97 Å². The molecule has 2 heteroatoms. The standard InChI is InChI=1S/C7H14.C6H12O2.C4H8.C3H6/c1-3-5-7-6-4-2;1-3-5-6(7)8-4-2;1-3-4-2;1-3-2/h3H,1,4-7H2,2H3;3-5H2,1-2H3;3H,1,4H2,2H3;3H,1H2,2H3. The first kappa shape index (κ1) is 28.8. The molecule has 0 fully saturated rings. The largest absolute Gasteiger partial charge is 0.466 e. The molecule has 2 nitrogen and oxygen atoms in total. The third kappa shape index (κ3) is 62.3. The van der Waals surface area contributed by atoms with Gasteiger partial charge < -0.3 is 4.74 Å². The van der Waals surface area contributed by atoms with E-state index in [1.54, 1.807) is 6.08 Å². The predicted molar refractivity (Wildman–Crippen MR) is 102 cm³/mol. The fourth-order valence-corrected chi connectivity index (χ4v) is 0.976. The number of hydrogen-bond acceptors (Lipinski definition) is 2.